The van der Waals surface area contributed by atoms with Crippen LogP contribution in [0.4, 0.5) is 0 Å². The van der Waals surface area contributed by atoms with Gasteiger partial charge in [-0.1, -0.05) is 47.7 Å². The Labute approximate surface area is 98.4 Å². The molecule has 0 atom stereocenters. The quantitative estimate of drug-likeness (QED) is 0.817. The summed E-state index contributed by atoms with van der Waals surface area (Å²) in [4.78, 5) is 10.9. The van der Waals surface area contributed by atoms with Crippen LogP contribution < -0.4 is 5.30 Å². The molecule has 1 aromatic rings. The van der Waals surface area contributed by atoms with E-state index in [2.05, 4.69) is 33.8 Å². The molecule has 3 heteroatoms. The predicted octanol–water partition coefficient (Wildman–Crippen LogP) is 3.31. The number of aromatic carboxylic acids is 1. The zero-order valence-electron chi connectivity index (χ0n) is 10.3. The fraction of sp³-hybridized carbons (Fsp3) is 0.462. The Morgan fingerprint density at radius 2 is 1.75 bits per heavy atom. The van der Waals surface area contributed by atoms with Crippen molar-refractivity contribution >= 4 is 19.2 Å². The Morgan fingerprint density at radius 3 is 2.19 bits per heavy atom. The first-order valence-corrected chi connectivity index (χ1v) is 7.03. The number of hydrogen-bond acceptors (Lipinski definition) is 1. The zero-order chi connectivity index (χ0) is 12.3. The Balaban J connectivity index is 3.10. The van der Waals surface area contributed by atoms with E-state index in [1.165, 1.54) is 5.30 Å². The van der Waals surface area contributed by atoms with E-state index in [-0.39, 0.29) is 7.92 Å². The lowest BCUT2D eigenvalue weighted by Crippen LogP contribution is -2.16. The molecule has 0 aliphatic rings. The number of carboxylic acids is 1. The summed E-state index contributed by atoms with van der Waals surface area (Å²) in [7, 11) is -0.278. The normalized spacial score (nSPS) is 11.4. The van der Waals surface area contributed by atoms with Gasteiger partial charge in [-0.2, -0.15) is 0 Å². The van der Waals surface area contributed by atoms with Gasteiger partial charge in [0.05, 0.1) is 5.56 Å². The molecule has 0 radical (unpaired) electrons. The Kier molecular flexibility index (Phi) is 4.49. The van der Waals surface area contributed by atoms with Crippen LogP contribution in [0, 0.1) is 0 Å². The van der Waals surface area contributed by atoms with Crippen LogP contribution in [-0.4, -0.2) is 22.4 Å². The van der Waals surface area contributed by atoms with E-state index in [9.17, 15) is 4.79 Å². The zero-order valence-corrected chi connectivity index (χ0v) is 11.2. The van der Waals surface area contributed by atoms with Crippen LogP contribution in [0.25, 0.3) is 0 Å². The molecule has 0 aliphatic heterocycles. The first-order chi connectivity index (χ1) is 7.43. The van der Waals surface area contributed by atoms with Crippen LogP contribution in [0.3, 0.4) is 0 Å². The van der Waals surface area contributed by atoms with Crippen LogP contribution in [0.15, 0.2) is 24.3 Å². The van der Waals surface area contributed by atoms with Crippen molar-refractivity contribution in [3.63, 3.8) is 0 Å². The van der Waals surface area contributed by atoms with E-state index in [1.807, 2.05) is 12.1 Å². The molecule has 2 nitrogen and oxygen atoms in total. The molecule has 0 aliphatic carbocycles. The van der Waals surface area contributed by atoms with Gasteiger partial charge in [0, 0.05) is 0 Å². The molecule has 0 fully saturated rings. The van der Waals surface area contributed by atoms with Crippen LogP contribution in [0.1, 0.15) is 38.1 Å². The predicted molar refractivity (Wildman–Crippen MR) is 70.2 cm³/mol. The Morgan fingerprint density at radius 1 is 1.19 bits per heavy atom. The topological polar surface area (TPSA) is 37.3 Å². The third kappa shape index (κ3) is 3.05. The second-order valence-electron chi connectivity index (χ2n) is 4.45. The minimum atomic E-state index is -0.843. The number of carboxylic acid groups (broad SMARTS) is 1. The lowest BCUT2D eigenvalue weighted by atomic mass is 10.2. The van der Waals surface area contributed by atoms with Gasteiger partial charge in [-0.25, -0.2) is 4.79 Å². The third-order valence-electron chi connectivity index (χ3n) is 2.50. The SMILES string of the molecule is CC(C)P(c1cccc(C(=O)O)c1)C(C)C. The lowest BCUT2D eigenvalue weighted by molar-refractivity contribution is 0.0697. The number of rotatable bonds is 4. The Hall–Kier alpha value is -0.880. The van der Waals surface area contributed by atoms with E-state index in [0.29, 0.717) is 16.9 Å². The fourth-order valence-corrected chi connectivity index (χ4v) is 4.92. The van der Waals surface area contributed by atoms with E-state index in [1.54, 1.807) is 6.07 Å². The van der Waals surface area contributed by atoms with Crippen molar-refractivity contribution in [2.75, 3.05) is 0 Å². The van der Waals surface area contributed by atoms with Crippen molar-refractivity contribution in [2.24, 2.45) is 0 Å². The standard InChI is InChI=1S/C13H19O2P/c1-9(2)16(10(3)4)12-7-5-6-11(8-12)13(14)15/h5-10H,1-4H3,(H,14,15). The number of hydrogen-bond donors (Lipinski definition) is 1. The van der Waals surface area contributed by atoms with Gasteiger partial charge in [-0.15, -0.1) is 0 Å². The van der Waals surface area contributed by atoms with Crippen molar-refractivity contribution < 1.29 is 9.90 Å². The summed E-state index contributed by atoms with van der Waals surface area (Å²) in [6.07, 6.45) is 0. The summed E-state index contributed by atoms with van der Waals surface area (Å²) in [6.45, 7) is 8.83. The molecule has 0 amide bonds. The van der Waals surface area contributed by atoms with Crippen molar-refractivity contribution in [3.8, 4) is 0 Å². The van der Waals surface area contributed by atoms with E-state index >= 15 is 0 Å². The van der Waals surface area contributed by atoms with Crippen LogP contribution in [-0.2, 0) is 0 Å². The van der Waals surface area contributed by atoms with Gasteiger partial charge in [0.25, 0.3) is 0 Å². The van der Waals surface area contributed by atoms with Crippen LogP contribution in [0.5, 0.6) is 0 Å². The molecular formula is C13H19O2P. The van der Waals surface area contributed by atoms with Crippen molar-refractivity contribution in [1.29, 1.82) is 0 Å². The summed E-state index contributed by atoms with van der Waals surface area (Å²) in [5, 5.41) is 10.2. The van der Waals surface area contributed by atoms with Crippen LogP contribution >= 0.6 is 7.92 Å². The van der Waals surface area contributed by atoms with E-state index in [0.717, 1.165) is 0 Å². The summed E-state index contributed by atoms with van der Waals surface area (Å²) >= 11 is 0. The van der Waals surface area contributed by atoms with E-state index in [4.69, 9.17) is 5.11 Å². The van der Waals surface area contributed by atoms with Gasteiger partial charge < -0.3 is 5.11 Å². The summed E-state index contributed by atoms with van der Waals surface area (Å²) in [5.74, 6) is -0.843. The molecule has 0 spiro atoms. The monoisotopic (exact) mass is 238 g/mol. The van der Waals surface area contributed by atoms with Gasteiger partial charge in [0.2, 0.25) is 0 Å². The summed E-state index contributed by atoms with van der Waals surface area (Å²) < 4.78 is 0. The van der Waals surface area contributed by atoms with Crippen molar-refractivity contribution in [2.45, 2.75) is 39.0 Å². The van der Waals surface area contributed by atoms with Crippen molar-refractivity contribution in [3.05, 3.63) is 29.8 Å². The Bertz CT molecular complexity index is 364. The average Bonchev–Trinajstić information content (AvgIpc) is 2.16. The second-order valence-corrected chi connectivity index (χ2v) is 7.85. The first-order valence-electron chi connectivity index (χ1n) is 5.55. The molecule has 0 saturated carbocycles. The third-order valence-corrected chi connectivity index (χ3v) is 5.60. The summed E-state index contributed by atoms with van der Waals surface area (Å²) in [5.41, 5.74) is 1.56. The lowest BCUT2D eigenvalue weighted by Gasteiger charge is -2.26. The maximum atomic E-state index is 10.9. The molecule has 16 heavy (non-hydrogen) atoms. The van der Waals surface area contributed by atoms with E-state index < -0.39 is 5.97 Å². The fourth-order valence-electron chi connectivity index (χ4n) is 1.99. The molecule has 0 saturated heterocycles. The highest BCUT2D eigenvalue weighted by atomic mass is 31.1. The largest absolute Gasteiger partial charge is 0.478 e. The molecule has 0 unspecified atom stereocenters. The van der Waals surface area contributed by atoms with Gasteiger partial charge in [-0.3, -0.25) is 0 Å². The molecule has 1 rings (SSSR count). The maximum absolute atomic E-state index is 10.9. The first kappa shape index (κ1) is 13.2. The number of benzene rings is 1. The highest BCUT2D eigenvalue weighted by molar-refractivity contribution is 7.66. The minimum absolute atomic E-state index is 0.278. The second kappa shape index (κ2) is 5.45. The number of carbonyl (C=O) groups is 1. The molecule has 1 aromatic carbocycles. The molecule has 88 valence electrons. The van der Waals surface area contributed by atoms with Gasteiger partial charge >= 0.3 is 5.97 Å². The molecule has 0 aromatic heterocycles. The maximum Gasteiger partial charge on any atom is 0.335 e. The average molecular weight is 238 g/mol. The van der Waals surface area contributed by atoms with Gasteiger partial charge in [0.1, 0.15) is 0 Å². The molecule has 1 N–H and O–H groups in total. The summed E-state index contributed by atoms with van der Waals surface area (Å²) in [6, 6.07) is 7.38. The minimum Gasteiger partial charge on any atom is -0.478 e. The van der Waals surface area contributed by atoms with Gasteiger partial charge in [0.15, 0.2) is 0 Å². The highest BCUT2D eigenvalue weighted by Crippen LogP contribution is 2.44. The smallest absolute Gasteiger partial charge is 0.335 e. The molecular weight excluding hydrogens is 219 g/mol. The van der Waals surface area contributed by atoms with Crippen molar-refractivity contribution in [1.82, 2.24) is 0 Å². The van der Waals surface area contributed by atoms with Gasteiger partial charge in [-0.05, 0) is 28.8 Å². The highest BCUT2D eigenvalue weighted by Gasteiger charge is 2.19. The van der Waals surface area contributed by atoms with Crippen LogP contribution in [0.2, 0.25) is 0 Å². The molecule has 0 bridgehead atoms. The molecule has 0 heterocycles.